The Hall–Kier alpha value is -0.280. The highest BCUT2D eigenvalue weighted by Crippen LogP contribution is 2.21. The summed E-state index contributed by atoms with van der Waals surface area (Å²) in [5.41, 5.74) is 0. The van der Waals surface area contributed by atoms with Gasteiger partial charge in [-0.2, -0.15) is 0 Å². The van der Waals surface area contributed by atoms with Crippen LogP contribution in [0.25, 0.3) is 0 Å². The van der Waals surface area contributed by atoms with Gasteiger partial charge < -0.3 is 4.18 Å². The van der Waals surface area contributed by atoms with Crippen LogP contribution in [0.3, 0.4) is 0 Å². The Kier molecular flexibility index (Phi) is 6.27. The largest absolute Gasteiger partial charge is 0.428 e. The van der Waals surface area contributed by atoms with Crippen LogP contribution < -0.4 is 4.18 Å². The molecule has 0 aliphatic carbocycles. The van der Waals surface area contributed by atoms with Gasteiger partial charge in [-0.1, -0.05) is 26.0 Å². The van der Waals surface area contributed by atoms with E-state index in [4.69, 9.17) is 0 Å². The third kappa shape index (κ3) is 3.58. The Bertz CT molecular complexity index is 201. The van der Waals surface area contributed by atoms with Crippen LogP contribution >= 0.6 is 25.5 Å². The second-order valence-electron chi connectivity index (χ2n) is 1.56. The topological polar surface area (TPSA) is 9.23 Å². The van der Waals surface area contributed by atoms with Crippen molar-refractivity contribution in [2.45, 2.75) is 18.7 Å². The van der Waals surface area contributed by atoms with Gasteiger partial charge in [0.05, 0.1) is 0 Å². The average molecular weight is 188 g/mol. The quantitative estimate of drug-likeness (QED) is 0.508. The molecule has 0 aliphatic rings. The lowest BCUT2D eigenvalue weighted by Gasteiger charge is -1.97. The van der Waals surface area contributed by atoms with Gasteiger partial charge >= 0.3 is 0 Å². The zero-order valence-electron chi connectivity index (χ0n) is 6.61. The summed E-state index contributed by atoms with van der Waals surface area (Å²) >= 11 is 7.74. The molecule has 0 N–H and O–H groups in total. The summed E-state index contributed by atoms with van der Waals surface area (Å²) in [4.78, 5) is 0.799. The van der Waals surface area contributed by atoms with Gasteiger partial charge in [0.15, 0.2) is 0 Å². The van der Waals surface area contributed by atoms with E-state index < -0.39 is 0 Å². The van der Waals surface area contributed by atoms with Crippen LogP contribution in [0.2, 0.25) is 0 Å². The first-order chi connectivity index (χ1) is 5.34. The molecule has 0 aromatic heterocycles. The number of hydrogen-bond acceptors (Lipinski definition) is 3. The van der Waals surface area contributed by atoms with Crippen molar-refractivity contribution in [3.05, 3.63) is 24.3 Å². The highest BCUT2D eigenvalue weighted by Gasteiger charge is 1.93. The van der Waals surface area contributed by atoms with Gasteiger partial charge in [0, 0.05) is 17.8 Å². The Morgan fingerprint density at radius 1 is 1.18 bits per heavy atom. The lowest BCUT2D eigenvalue weighted by Crippen LogP contribution is -1.74. The molecule has 1 aromatic rings. The predicted octanol–water partition coefficient (Wildman–Crippen LogP) is 3.23. The molecule has 0 saturated heterocycles. The van der Waals surface area contributed by atoms with Crippen molar-refractivity contribution in [2.75, 3.05) is 0 Å². The average Bonchev–Trinajstić information content (AvgIpc) is 2.09. The van der Waals surface area contributed by atoms with Crippen molar-refractivity contribution in [3.63, 3.8) is 0 Å². The lowest BCUT2D eigenvalue weighted by atomic mass is 10.3. The van der Waals surface area contributed by atoms with Gasteiger partial charge in [-0.05, 0) is 12.1 Å². The molecule has 0 heterocycles. The molecular weight excluding hydrogens is 176 g/mol. The van der Waals surface area contributed by atoms with Crippen LogP contribution in [0.15, 0.2) is 29.2 Å². The molecule has 0 bridgehead atoms. The highest BCUT2D eigenvalue weighted by molar-refractivity contribution is 7.80. The number of para-hydroxylation sites is 1. The first-order valence-electron chi connectivity index (χ1n) is 3.44. The summed E-state index contributed by atoms with van der Waals surface area (Å²) in [6, 6.07) is 7.40. The summed E-state index contributed by atoms with van der Waals surface area (Å²) in [5, 5.41) is 0. The van der Waals surface area contributed by atoms with Crippen LogP contribution in [0.5, 0.6) is 5.75 Å². The van der Waals surface area contributed by atoms with Gasteiger partial charge in [0.25, 0.3) is 0 Å². The van der Waals surface area contributed by atoms with Crippen molar-refractivity contribution >= 4 is 25.5 Å². The molecule has 1 aromatic carbocycles. The van der Waals surface area contributed by atoms with E-state index in [0.717, 1.165) is 4.90 Å². The van der Waals surface area contributed by atoms with Crippen LogP contribution in [0, 0.1) is 0 Å². The van der Waals surface area contributed by atoms with Gasteiger partial charge in [-0.3, -0.25) is 0 Å². The molecular formula is C8H12OS2. The molecule has 1 rings (SSSR count). The minimum Gasteiger partial charge on any atom is -0.428 e. The molecule has 1 nitrogen and oxygen atoms in total. The fourth-order valence-electron chi connectivity index (χ4n) is 0.534. The molecule has 0 amide bonds. The summed E-state index contributed by atoms with van der Waals surface area (Å²) < 4.78 is 4.66. The van der Waals surface area contributed by atoms with Crippen LogP contribution in [-0.4, -0.2) is 0 Å². The number of rotatable bonds is 1. The summed E-state index contributed by atoms with van der Waals surface area (Å²) in [6.07, 6.45) is 0. The predicted molar refractivity (Wildman–Crippen MR) is 54.7 cm³/mol. The Labute approximate surface area is 78.8 Å². The maximum Gasteiger partial charge on any atom is 0.150 e. The molecule has 62 valence electrons. The SMILES string of the molecule is CC.SOc1ccccc1S. The van der Waals surface area contributed by atoms with E-state index in [-0.39, 0.29) is 0 Å². The Balaban J connectivity index is 0.000000461. The minimum atomic E-state index is 0.684. The fraction of sp³-hybridized carbons (Fsp3) is 0.250. The third-order valence-corrected chi connectivity index (χ3v) is 1.53. The Morgan fingerprint density at radius 2 is 1.73 bits per heavy atom. The molecule has 0 aliphatic heterocycles. The van der Waals surface area contributed by atoms with Crippen molar-refractivity contribution < 1.29 is 4.18 Å². The maximum atomic E-state index is 4.66. The highest BCUT2D eigenvalue weighted by atomic mass is 32.1. The first kappa shape index (κ1) is 10.7. The van der Waals surface area contributed by atoms with E-state index in [9.17, 15) is 0 Å². The lowest BCUT2D eigenvalue weighted by molar-refractivity contribution is 0.641. The second kappa shape index (κ2) is 6.43. The molecule has 0 atom stereocenters. The molecule has 0 spiro atoms. The summed E-state index contributed by atoms with van der Waals surface area (Å²) in [5.74, 6) is 0.684. The number of thiol groups is 2. The van der Waals surface area contributed by atoms with E-state index in [2.05, 4.69) is 29.7 Å². The molecule has 0 radical (unpaired) electrons. The van der Waals surface area contributed by atoms with Gasteiger partial charge in [-0.15, -0.1) is 12.6 Å². The van der Waals surface area contributed by atoms with Crippen LogP contribution in [-0.2, 0) is 0 Å². The molecule has 3 heteroatoms. The smallest absolute Gasteiger partial charge is 0.150 e. The molecule has 0 unspecified atom stereocenters. The maximum absolute atomic E-state index is 4.66. The Morgan fingerprint density at radius 3 is 2.09 bits per heavy atom. The van der Waals surface area contributed by atoms with E-state index in [0.29, 0.717) is 5.75 Å². The molecule has 0 fully saturated rings. The summed E-state index contributed by atoms with van der Waals surface area (Å²) in [6.45, 7) is 4.00. The van der Waals surface area contributed by atoms with Crippen LogP contribution in [0.1, 0.15) is 13.8 Å². The number of benzene rings is 1. The van der Waals surface area contributed by atoms with Gasteiger partial charge in [-0.25, -0.2) is 0 Å². The number of hydrogen-bond donors (Lipinski definition) is 2. The second-order valence-corrected chi connectivity index (χ2v) is 2.22. The molecule has 0 saturated carbocycles. The first-order valence-corrected chi connectivity index (χ1v) is 4.25. The standard InChI is InChI=1S/C6H6OS2.C2H6/c8-6-4-2-1-3-5(6)7-9;1-2/h1-4,8-9H;1-2H3. The van der Waals surface area contributed by atoms with Crippen molar-refractivity contribution in [2.24, 2.45) is 0 Å². The normalized spacial score (nSPS) is 8.00. The fourth-order valence-corrected chi connectivity index (χ4v) is 0.972. The van der Waals surface area contributed by atoms with Crippen molar-refractivity contribution in [3.8, 4) is 5.75 Å². The zero-order chi connectivity index (χ0) is 8.69. The van der Waals surface area contributed by atoms with Crippen LogP contribution in [0.4, 0.5) is 0 Å². The van der Waals surface area contributed by atoms with Gasteiger partial charge in [0.2, 0.25) is 0 Å². The van der Waals surface area contributed by atoms with Crippen molar-refractivity contribution in [1.82, 2.24) is 0 Å². The van der Waals surface area contributed by atoms with E-state index in [1.807, 2.05) is 32.0 Å². The summed E-state index contributed by atoms with van der Waals surface area (Å²) in [7, 11) is 0. The van der Waals surface area contributed by atoms with E-state index >= 15 is 0 Å². The minimum absolute atomic E-state index is 0.684. The van der Waals surface area contributed by atoms with Gasteiger partial charge in [0.1, 0.15) is 5.75 Å². The molecule has 11 heavy (non-hydrogen) atoms. The third-order valence-electron chi connectivity index (χ3n) is 0.964. The van der Waals surface area contributed by atoms with E-state index in [1.165, 1.54) is 0 Å². The zero-order valence-corrected chi connectivity index (χ0v) is 8.40. The monoisotopic (exact) mass is 188 g/mol. The van der Waals surface area contributed by atoms with Crippen molar-refractivity contribution in [1.29, 1.82) is 0 Å². The van der Waals surface area contributed by atoms with E-state index in [1.54, 1.807) is 6.07 Å².